The molecule has 0 radical (unpaired) electrons. The van der Waals surface area contributed by atoms with E-state index in [2.05, 4.69) is 38.6 Å². The van der Waals surface area contributed by atoms with E-state index in [1.807, 2.05) is 0 Å². The monoisotopic (exact) mass is 389 g/mol. The highest BCUT2D eigenvalue weighted by atomic mass is 16.6. The predicted molar refractivity (Wildman–Crippen MR) is 109 cm³/mol. The Labute approximate surface area is 166 Å². The van der Waals surface area contributed by atoms with Gasteiger partial charge in [0.25, 0.3) is 5.91 Å². The molecule has 1 aromatic heterocycles. The first-order valence-electron chi connectivity index (χ1n) is 10.2. The molecule has 2 N–H and O–H groups in total. The molecule has 0 atom stereocenters. The number of amides is 2. The van der Waals surface area contributed by atoms with Crippen LogP contribution in [0.2, 0.25) is 0 Å². The Bertz CT molecular complexity index is 655. The minimum absolute atomic E-state index is 0.246. The largest absolute Gasteiger partial charge is 0.439 e. The summed E-state index contributed by atoms with van der Waals surface area (Å²) in [5.74, 6) is 2.43. The Hall–Kier alpha value is -2.51. The lowest BCUT2D eigenvalue weighted by Gasteiger charge is -2.33. The van der Waals surface area contributed by atoms with E-state index in [-0.39, 0.29) is 12.5 Å². The zero-order valence-electron chi connectivity index (χ0n) is 16.7. The van der Waals surface area contributed by atoms with E-state index in [9.17, 15) is 9.59 Å². The van der Waals surface area contributed by atoms with Gasteiger partial charge in [-0.25, -0.2) is 9.78 Å². The third-order valence-corrected chi connectivity index (χ3v) is 5.52. The number of rotatable bonds is 7. The van der Waals surface area contributed by atoms with Gasteiger partial charge >= 0.3 is 6.09 Å². The summed E-state index contributed by atoms with van der Waals surface area (Å²) in [7, 11) is 1.51. The van der Waals surface area contributed by atoms with Crippen molar-refractivity contribution in [3.8, 4) is 0 Å². The number of ether oxygens (including phenoxy) is 1. The number of pyridine rings is 1. The van der Waals surface area contributed by atoms with Crippen molar-refractivity contribution >= 4 is 23.6 Å². The second-order valence-corrected chi connectivity index (χ2v) is 7.44. The van der Waals surface area contributed by atoms with Crippen molar-refractivity contribution in [2.24, 2.45) is 5.92 Å². The maximum atomic E-state index is 11.5. The highest BCUT2D eigenvalue weighted by molar-refractivity contribution is 5.79. The van der Waals surface area contributed by atoms with Crippen LogP contribution < -0.4 is 20.4 Å². The Morgan fingerprint density at radius 3 is 2.39 bits per heavy atom. The van der Waals surface area contributed by atoms with E-state index in [4.69, 9.17) is 9.72 Å². The lowest BCUT2D eigenvalue weighted by atomic mass is 9.93. The van der Waals surface area contributed by atoms with Crippen LogP contribution in [0.25, 0.3) is 0 Å². The SMILES string of the molecule is CNC(=O)COC(=O)NCCC1CCN(c2cccc(N3CCCC3)n2)CC1. The Balaban J connectivity index is 1.37. The van der Waals surface area contributed by atoms with Crippen LogP contribution in [0.3, 0.4) is 0 Å². The fourth-order valence-corrected chi connectivity index (χ4v) is 3.79. The van der Waals surface area contributed by atoms with Crippen molar-refractivity contribution < 1.29 is 14.3 Å². The molecule has 2 amide bonds. The number of carbonyl (C=O) groups excluding carboxylic acids is 2. The number of carbonyl (C=O) groups is 2. The maximum absolute atomic E-state index is 11.5. The lowest BCUT2D eigenvalue weighted by molar-refractivity contribution is -0.123. The average molecular weight is 390 g/mol. The molecule has 3 heterocycles. The number of nitrogens with one attached hydrogen (secondary N) is 2. The molecule has 154 valence electrons. The van der Waals surface area contributed by atoms with Gasteiger partial charge < -0.3 is 25.2 Å². The minimum Gasteiger partial charge on any atom is -0.439 e. The molecular formula is C20H31N5O3. The summed E-state index contributed by atoms with van der Waals surface area (Å²) in [5.41, 5.74) is 0. The van der Waals surface area contributed by atoms with Crippen molar-refractivity contribution in [2.45, 2.75) is 32.1 Å². The van der Waals surface area contributed by atoms with Crippen LogP contribution >= 0.6 is 0 Å². The van der Waals surface area contributed by atoms with Gasteiger partial charge in [0, 0.05) is 39.8 Å². The number of hydrogen-bond acceptors (Lipinski definition) is 6. The second-order valence-electron chi connectivity index (χ2n) is 7.44. The van der Waals surface area contributed by atoms with Crippen LogP contribution in [0.5, 0.6) is 0 Å². The van der Waals surface area contributed by atoms with Crippen molar-refractivity contribution in [3.05, 3.63) is 18.2 Å². The third-order valence-electron chi connectivity index (χ3n) is 5.52. The molecule has 0 saturated carbocycles. The number of hydrogen-bond donors (Lipinski definition) is 2. The van der Waals surface area contributed by atoms with E-state index >= 15 is 0 Å². The van der Waals surface area contributed by atoms with E-state index in [1.165, 1.54) is 19.9 Å². The first kappa shape index (κ1) is 20.2. The molecule has 0 aromatic carbocycles. The Kier molecular flexibility index (Phi) is 7.33. The van der Waals surface area contributed by atoms with Crippen molar-refractivity contribution in [1.82, 2.24) is 15.6 Å². The molecule has 2 fully saturated rings. The van der Waals surface area contributed by atoms with Crippen LogP contribution in [-0.2, 0) is 9.53 Å². The summed E-state index contributed by atoms with van der Waals surface area (Å²) in [4.78, 5) is 32.2. The first-order chi connectivity index (χ1) is 13.7. The van der Waals surface area contributed by atoms with E-state index in [0.717, 1.165) is 57.1 Å². The maximum Gasteiger partial charge on any atom is 0.407 e. The summed E-state index contributed by atoms with van der Waals surface area (Å²) in [6.45, 7) is 4.52. The minimum atomic E-state index is -0.538. The van der Waals surface area contributed by atoms with E-state index in [0.29, 0.717) is 12.5 Å². The molecule has 0 bridgehead atoms. The van der Waals surface area contributed by atoms with Gasteiger partial charge in [-0.05, 0) is 50.2 Å². The van der Waals surface area contributed by atoms with Gasteiger partial charge in [0.05, 0.1) is 0 Å². The summed E-state index contributed by atoms with van der Waals surface area (Å²) >= 11 is 0. The molecule has 1 aromatic rings. The molecule has 2 saturated heterocycles. The molecule has 0 spiro atoms. The first-order valence-corrected chi connectivity index (χ1v) is 10.2. The smallest absolute Gasteiger partial charge is 0.407 e. The van der Waals surface area contributed by atoms with Gasteiger partial charge in [-0.15, -0.1) is 0 Å². The van der Waals surface area contributed by atoms with Gasteiger partial charge in [-0.3, -0.25) is 4.79 Å². The van der Waals surface area contributed by atoms with Gasteiger partial charge in [-0.1, -0.05) is 6.07 Å². The molecule has 2 aliphatic rings. The third kappa shape index (κ3) is 5.74. The Morgan fingerprint density at radius 1 is 1.11 bits per heavy atom. The average Bonchev–Trinajstić information content (AvgIpc) is 3.27. The Morgan fingerprint density at radius 2 is 1.75 bits per heavy atom. The fourth-order valence-electron chi connectivity index (χ4n) is 3.79. The van der Waals surface area contributed by atoms with Gasteiger partial charge in [0.1, 0.15) is 11.6 Å². The molecule has 8 heteroatoms. The van der Waals surface area contributed by atoms with Crippen molar-refractivity contribution in [2.75, 3.05) is 56.2 Å². The summed E-state index contributed by atoms with van der Waals surface area (Å²) in [6.07, 6.45) is 5.07. The summed E-state index contributed by atoms with van der Waals surface area (Å²) < 4.78 is 4.83. The van der Waals surface area contributed by atoms with Gasteiger partial charge in [0.2, 0.25) is 0 Å². The molecule has 8 nitrogen and oxygen atoms in total. The van der Waals surface area contributed by atoms with E-state index in [1.54, 1.807) is 0 Å². The molecular weight excluding hydrogens is 358 g/mol. The van der Waals surface area contributed by atoms with Crippen LogP contribution in [0.4, 0.5) is 16.4 Å². The van der Waals surface area contributed by atoms with Gasteiger partial charge in [-0.2, -0.15) is 0 Å². The molecule has 0 aliphatic carbocycles. The number of nitrogens with zero attached hydrogens (tertiary/aromatic N) is 3. The molecule has 0 unspecified atom stereocenters. The number of anilines is 2. The molecule has 2 aliphatic heterocycles. The highest BCUT2D eigenvalue weighted by Gasteiger charge is 2.21. The van der Waals surface area contributed by atoms with E-state index < -0.39 is 6.09 Å². The predicted octanol–water partition coefficient (Wildman–Crippen LogP) is 1.76. The normalized spacial score (nSPS) is 17.5. The van der Waals surface area contributed by atoms with Crippen LogP contribution in [0.1, 0.15) is 32.1 Å². The lowest BCUT2D eigenvalue weighted by Crippen LogP contribution is -2.36. The van der Waals surface area contributed by atoms with Crippen molar-refractivity contribution in [3.63, 3.8) is 0 Å². The van der Waals surface area contributed by atoms with Crippen LogP contribution in [0.15, 0.2) is 18.2 Å². The molecule has 28 heavy (non-hydrogen) atoms. The number of aromatic nitrogens is 1. The second kappa shape index (κ2) is 10.1. The van der Waals surface area contributed by atoms with Crippen LogP contribution in [-0.4, -0.2) is 63.4 Å². The highest BCUT2D eigenvalue weighted by Crippen LogP contribution is 2.26. The van der Waals surface area contributed by atoms with Crippen LogP contribution in [0, 0.1) is 5.92 Å². The zero-order valence-corrected chi connectivity index (χ0v) is 16.7. The number of piperidine rings is 1. The number of likely N-dealkylation sites (N-methyl/N-ethyl adjacent to an activating group) is 1. The molecule has 3 rings (SSSR count). The fraction of sp³-hybridized carbons (Fsp3) is 0.650. The zero-order chi connectivity index (χ0) is 19.8. The topological polar surface area (TPSA) is 86.8 Å². The summed E-state index contributed by atoms with van der Waals surface area (Å²) in [5, 5.41) is 5.13. The summed E-state index contributed by atoms with van der Waals surface area (Å²) in [6, 6.07) is 6.32. The standard InChI is InChI=1S/C20H31N5O3/c1-21-19(26)15-28-20(27)22-10-7-16-8-13-25(14-9-16)18-6-4-5-17(23-18)24-11-2-3-12-24/h4-6,16H,2-3,7-15H2,1H3,(H,21,26)(H,22,27). The quantitative estimate of drug-likeness (QED) is 0.739. The van der Waals surface area contributed by atoms with Gasteiger partial charge in [0.15, 0.2) is 6.61 Å². The van der Waals surface area contributed by atoms with Crippen molar-refractivity contribution in [1.29, 1.82) is 0 Å². The number of alkyl carbamates (subject to hydrolysis) is 1.